The van der Waals surface area contributed by atoms with E-state index in [0.29, 0.717) is 0 Å². The van der Waals surface area contributed by atoms with Gasteiger partial charge >= 0.3 is 5.97 Å². The van der Waals surface area contributed by atoms with Crippen molar-refractivity contribution < 1.29 is 27.9 Å². The fourth-order valence-electron chi connectivity index (χ4n) is 2.73. The summed E-state index contributed by atoms with van der Waals surface area (Å²) in [6, 6.07) is 8.29. The summed E-state index contributed by atoms with van der Waals surface area (Å²) >= 11 is 0. The van der Waals surface area contributed by atoms with Crippen LogP contribution < -0.4 is 4.74 Å². The molecule has 3 rings (SSSR count). The van der Waals surface area contributed by atoms with Gasteiger partial charge in [0.2, 0.25) is 0 Å². The molecule has 126 valence electrons. The Bertz CT molecular complexity index is 730. The van der Waals surface area contributed by atoms with Crippen molar-refractivity contribution in [1.82, 2.24) is 4.90 Å². The van der Waals surface area contributed by atoms with E-state index in [-0.39, 0.29) is 24.5 Å². The average Bonchev–Trinajstić information content (AvgIpc) is 3.25. The molecule has 1 amide bonds. The third kappa shape index (κ3) is 3.10. The van der Waals surface area contributed by atoms with Crippen molar-refractivity contribution in [2.45, 2.75) is 18.6 Å². The first kappa shape index (κ1) is 16.0. The molecule has 1 aromatic carbocycles. The van der Waals surface area contributed by atoms with E-state index in [1.54, 1.807) is 18.2 Å². The van der Waals surface area contributed by atoms with Gasteiger partial charge in [-0.25, -0.2) is 9.18 Å². The number of ether oxygens (including phenoxy) is 2. The molecule has 1 fully saturated rings. The molecule has 0 aliphatic carbocycles. The molecule has 24 heavy (non-hydrogen) atoms. The molecule has 0 saturated carbocycles. The van der Waals surface area contributed by atoms with Crippen molar-refractivity contribution in [3.05, 3.63) is 54.2 Å². The Morgan fingerprint density at radius 3 is 2.71 bits per heavy atom. The highest BCUT2D eigenvalue weighted by molar-refractivity contribution is 5.95. The van der Waals surface area contributed by atoms with E-state index < -0.39 is 29.8 Å². The van der Waals surface area contributed by atoms with E-state index in [2.05, 4.69) is 0 Å². The zero-order valence-electron chi connectivity index (χ0n) is 13.0. The highest BCUT2D eigenvalue weighted by Gasteiger charge is 2.42. The van der Waals surface area contributed by atoms with Crippen LogP contribution in [0.4, 0.5) is 4.39 Å². The number of furan rings is 1. The number of esters is 1. The van der Waals surface area contributed by atoms with Crippen LogP contribution in [0.15, 0.2) is 47.1 Å². The number of benzene rings is 1. The number of hydrogen-bond donors (Lipinski definition) is 0. The van der Waals surface area contributed by atoms with Crippen molar-refractivity contribution in [1.29, 1.82) is 0 Å². The second-order valence-electron chi connectivity index (χ2n) is 5.38. The number of para-hydroxylation sites is 1. The molecular formula is C17H16FNO5. The minimum Gasteiger partial charge on any atom is -0.485 e. The maximum atomic E-state index is 13.7. The molecule has 7 heteroatoms. The quantitative estimate of drug-likeness (QED) is 0.803. The van der Waals surface area contributed by atoms with Gasteiger partial charge in [-0.05, 0) is 24.3 Å². The lowest BCUT2D eigenvalue weighted by molar-refractivity contribution is -0.145. The number of nitrogens with zero attached hydrogens (tertiary/aromatic N) is 1. The van der Waals surface area contributed by atoms with Gasteiger partial charge in [-0.15, -0.1) is 0 Å². The van der Waals surface area contributed by atoms with Gasteiger partial charge in [-0.3, -0.25) is 4.79 Å². The maximum absolute atomic E-state index is 13.7. The summed E-state index contributed by atoms with van der Waals surface area (Å²) in [6.07, 6.45) is 1.07. The van der Waals surface area contributed by atoms with Gasteiger partial charge in [0.05, 0.1) is 19.9 Å². The molecule has 1 saturated heterocycles. The van der Waals surface area contributed by atoms with E-state index >= 15 is 0 Å². The van der Waals surface area contributed by atoms with Crippen molar-refractivity contribution in [3.63, 3.8) is 0 Å². The van der Waals surface area contributed by atoms with Gasteiger partial charge in [0.25, 0.3) is 5.91 Å². The summed E-state index contributed by atoms with van der Waals surface area (Å²) < 4.78 is 29.2. The van der Waals surface area contributed by atoms with Crippen LogP contribution in [0.5, 0.6) is 5.75 Å². The van der Waals surface area contributed by atoms with E-state index in [9.17, 15) is 14.0 Å². The van der Waals surface area contributed by atoms with E-state index in [1.807, 2.05) is 0 Å². The largest absolute Gasteiger partial charge is 0.485 e. The van der Waals surface area contributed by atoms with Crippen molar-refractivity contribution in [2.75, 3.05) is 13.7 Å². The van der Waals surface area contributed by atoms with Gasteiger partial charge in [0.15, 0.2) is 17.3 Å². The molecule has 2 aromatic rings. The number of rotatable bonds is 4. The predicted octanol–water partition coefficient (Wildman–Crippen LogP) is 2.25. The molecule has 0 N–H and O–H groups in total. The number of likely N-dealkylation sites (tertiary alicyclic amines) is 1. The molecular weight excluding hydrogens is 317 g/mol. The lowest BCUT2D eigenvalue weighted by Crippen LogP contribution is -2.41. The molecule has 2 unspecified atom stereocenters. The fourth-order valence-corrected chi connectivity index (χ4v) is 2.73. The van der Waals surface area contributed by atoms with Crippen molar-refractivity contribution in [2.24, 2.45) is 0 Å². The molecule has 2 atom stereocenters. The Balaban J connectivity index is 1.79. The lowest BCUT2D eigenvalue weighted by atomic mass is 10.2. The zero-order valence-corrected chi connectivity index (χ0v) is 13.0. The predicted molar refractivity (Wildman–Crippen MR) is 81.0 cm³/mol. The van der Waals surface area contributed by atoms with Crippen LogP contribution in [-0.4, -0.2) is 42.6 Å². The number of carbonyl (C=O) groups is 2. The number of halogens is 1. The first-order chi connectivity index (χ1) is 11.6. The lowest BCUT2D eigenvalue weighted by Gasteiger charge is -2.21. The van der Waals surface area contributed by atoms with E-state index in [4.69, 9.17) is 13.9 Å². The number of carbonyl (C=O) groups excluding carboxylic acids is 2. The van der Waals surface area contributed by atoms with Crippen LogP contribution >= 0.6 is 0 Å². The van der Waals surface area contributed by atoms with Gasteiger partial charge in [-0.1, -0.05) is 12.1 Å². The molecule has 1 aliphatic heterocycles. The van der Waals surface area contributed by atoms with Gasteiger partial charge < -0.3 is 18.8 Å². The third-order valence-corrected chi connectivity index (χ3v) is 3.86. The zero-order chi connectivity index (χ0) is 17.1. The summed E-state index contributed by atoms with van der Waals surface area (Å²) in [7, 11) is 1.25. The Labute approximate surface area is 137 Å². The van der Waals surface area contributed by atoms with Gasteiger partial charge in [-0.2, -0.15) is 0 Å². The van der Waals surface area contributed by atoms with E-state index in [1.165, 1.54) is 36.5 Å². The first-order valence-corrected chi connectivity index (χ1v) is 7.43. The Kier molecular flexibility index (Phi) is 4.50. The second-order valence-corrected chi connectivity index (χ2v) is 5.38. The molecule has 6 nitrogen and oxygen atoms in total. The Hall–Kier alpha value is -2.83. The fraction of sp³-hybridized carbons (Fsp3) is 0.294. The highest BCUT2D eigenvalue weighted by atomic mass is 19.1. The average molecular weight is 333 g/mol. The van der Waals surface area contributed by atoms with Crippen LogP contribution in [0.3, 0.4) is 0 Å². The SMILES string of the molecule is COC(=O)C1CC(Oc2ccccc2F)CN1C(=O)c1ccco1. The van der Waals surface area contributed by atoms with Crippen molar-refractivity contribution >= 4 is 11.9 Å². The normalized spacial score (nSPS) is 20.0. The summed E-state index contributed by atoms with van der Waals surface area (Å²) in [4.78, 5) is 25.8. The third-order valence-electron chi connectivity index (χ3n) is 3.86. The second kappa shape index (κ2) is 6.74. The Morgan fingerprint density at radius 2 is 2.04 bits per heavy atom. The van der Waals surface area contributed by atoms with Gasteiger partial charge in [0, 0.05) is 6.42 Å². The van der Waals surface area contributed by atoms with Crippen molar-refractivity contribution in [3.8, 4) is 5.75 Å². The van der Waals surface area contributed by atoms with Crippen LogP contribution in [0, 0.1) is 5.82 Å². The molecule has 0 radical (unpaired) electrons. The monoisotopic (exact) mass is 333 g/mol. The molecule has 1 aliphatic rings. The van der Waals surface area contributed by atoms with Crippen LogP contribution in [0.1, 0.15) is 17.0 Å². The number of amides is 1. The summed E-state index contributed by atoms with van der Waals surface area (Å²) in [5.41, 5.74) is 0. The minimum absolute atomic E-state index is 0.0819. The number of hydrogen-bond acceptors (Lipinski definition) is 5. The van der Waals surface area contributed by atoms with E-state index in [0.717, 1.165) is 0 Å². The molecule has 2 heterocycles. The highest BCUT2D eigenvalue weighted by Crippen LogP contribution is 2.27. The van der Waals surface area contributed by atoms with Crippen LogP contribution in [0.2, 0.25) is 0 Å². The smallest absolute Gasteiger partial charge is 0.328 e. The number of methoxy groups -OCH3 is 1. The summed E-state index contributed by atoms with van der Waals surface area (Å²) in [6.45, 7) is 0.133. The first-order valence-electron chi connectivity index (χ1n) is 7.43. The Morgan fingerprint density at radius 1 is 1.25 bits per heavy atom. The summed E-state index contributed by atoms with van der Waals surface area (Å²) in [5, 5.41) is 0. The van der Waals surface area contributed by atoms with Crippen LogP contribution in [-0.2, 0) is 9.53 Å². The molecule has 0 spiro atoms. The summed E-state index contributed by atoms with van der Waals surface area (Å²) in [5.74, 6) is -1.28. The van der Waals surface area contributed by atoms with Gasteiger partial charge in [0.1, 0.15) is 12.1 Å². The maximum Gasteiger partial charge on any atom is 0.328 e. The molecule has 0 bridgehead atoms. The minimum atomic E-state index is -0.802. The van der Waals surface area contributed by atoms with Crippen LogP contribution in [0.25, 0.3) is 0 Å². The standard InChI is InChI=1S/C17H16FNO5/c1-22-17(21)13-9-11(24-14-6-3-2-5-12(14)18)10-19(13)16(20)15-7-4-8-23-15/h2-8,11,13H,9-10H2,1H3. The topological polar surface area (TPSA) is 69.0 Å². The molecule has 1 aromatic heterocycles.